The quantitative estimate of drug-likeness (QED) is 0.706. The monoisotopic (exact) mass is 285 g/mol. The number of methoxy groups -OCH3 is 1. The second kappa shape index (κ2) is 6.21. The number of aliphatic hydroxyl groups excluding tert-OH is 1. The predicted octanol–water partition coefficient (Wildman–Crippen LogP) is 1.33. The van der Waals surface area contributed by atoms with E-state index in [0.29, 0.717) is 22.4 Å². The number of nitrogens with zero attached hydrogens (tertiary/aromatic N) is 1. The zero-order chi connectivity index (χ0) is 13.8. The maximum atomic E-state index is 11.6. The number of rotatable bonds is 5. The van der Waals surface area contributed by atoms with Crippen LogP contribution in [0.15, 0.2) is 0 Å². The molecule has 19 heavy (non-hydrogen) atoms. The van der Waals surface area contributed by atoms with E-state index < -0.39 is 5.97 Å². The Morgan fingerprint density at radius 1 is 1.58 bits per heavy atom. The summed E-state index contributed by atoms with van der Waals surface area (Å²) in [5.41, 5.74) is 5.98. The Morgan fingerprint density at radius 3 is 3.00 bits per heavy atom. The zero-order valence-corrected chi connectivity index (χ0v) is 11.7. The lowest BCUT2D eigenvalue weighted by Crippen LogP contribution is -2.21. The van der Waals surface area contributed by atoms with E-state index in [4.69, 9.17) is 10.5 Å². The van der Waals surface area contributed by atoms with Gasteiger partial charge in [0.25, 0.3) is 0 Å². The Labute approximate surface area is 116 Å². The molecule has 6 nitrogen and oxygen atoms in total. The van der Waals surface area contributed by atoms with E-state index in [1.807, 2.05) is 0 Å². The lowest BCUT2D eigenvalue weighted by Gasteiger charge is -2.18. The van der Waals surface area contributed by atoms with Crippen LogP contribution in [0.4, 0.5) is 10.8 Å². The normalized spacial score (nSPS) is 22.4. The van der Waals surface area contributed by atoms with Crippen molar-refractivity contribution in [3.63, 3.8) is 0 Å². The summed E-state index contributed by atoms with van der Waals surface area (Å²) in [6, 6.07) is 0. The summed E-state index contributed by atoms with van der Waals surface area (Å²) in [7, 11) is 1.32. The lowest BCUT2D eigenvalue weighted by molar-refractivity contribution is 0.0603. The topological polar surface area (TPSA) is 97.5 Å². The van der Waals surface area contributed by atoms with Gasteiger partial charge < -0.3 is 20.9 Å². The molecule has 1 saturated carbocycles. The smallest absolute Gasteiger partial charge is 0.344 e. The number of nitrogens with two attached hydrogens (primary N) is 1. The minimum absolute atomic E-state index is 0.199. The molecule has 2 atom stereocenters. The fraction of sp³-hybridized carbons (Fsp3) is 0.667. The molecule has 1 fully saturated rings. The summed E-state index contributed by atoms with van der Waals surface area (Å²) in [4.78, 5) is 11.6. The summed E-state index contributed by atoms with van der Waals surface area (Å²) < 4.78 is 8.67. The molecule has 1 aliphatic carbocycles. The van der Waals surface area contributed by atoms with Gasteiger partial charge in [0.1, 0.15) is 10.6 Å². The van der Waals surface area contributed by atoms with Gasteiger partial charge in [0.05, 0.1) is 7.11 Å². The van der Waals surface area contributed by atoms with Gasteiger partial charge in [-0.05, 0) is 36.2 Å². The van der Waals surface area contributed by atoms with Crippen LogP contribution in [0.5, 0.6) is 0 Å². The molecule has 0 bridgehead atoms. The Hall–Kier alpha value is -1.34. The van der Waals surface area contributed by atoms with Crippen molar-refractivity contribution in [1.82, 2.24) is 4.37 Å². The number of hydrogen-bond acceptors (Lipinski definition) is 7. The highest BCUT2D eigenvalue weighted by molar-refractivity contribution is 7.11. The Morgan fingerprint density at radius 2 is 2.32 bits per heavy atom. The summed E-state index contributed by atoms with van der Waals surface area (Å²) in [6.45, 7) is 0.942. The van der Waals surface area contributed by atoms with E-state index in [9.17, 15) is 9.90 Å². The predicted molar refractivity (Wildman–Crippen MR) is 74.3 cm³/mol. The molecule has 2 unspecified atom stereocenters. The van der Waals surface area contributed by atoms with Crippen LogP contribution in [0.25, 0.3) is 0 Å². The van der Waals surface area contributed by atoms with Crippen molar-refractivity contribution in [2.75, 3.05) is 31.3 Å². The first-order valence-corrected chi connectivity index (χ1v) is 7.12. The SMILES string of the molecule is COC(=O)c1c(N)nsc1NCC1CCCC1CO. The molecule has 0 radical (unpaired) electrons. The average Bonchev–Trinajstić information content (AvgIpc) is 3.01. The third-order valence-corrected chi connectivity index (χ3v) is 4.50. The van der Waals surface area contributed by atoms with Crippen LogP contribution >= 0.6 is 11.5 Å². The summed E-state index contributed by atoms with van der Waals surface area (Å²) >= 11 is 1.16. The van der Waals surface area contributed by atoms with Gasteiger partial charge in [0, 0.05) is 13.2 Å². The lowest BCUT2D eigenvalue weighted by atomic mass is 9.97. The van der Waals surface area contributed by atoms with Crippen LogP contribution in [-0.2, 0) is 4.74 Å². The van der Waals surface area contributed by atoms with Crippen molar-refractivity contribution in [1.29, 1.82) is 0 Å². The minimum Gasteiger partial charge on any atom is -0.465 e. The average molecular weight is 285 g/mol. The third kappa shape index (κ3) is 2.98. The molecule has 106 valence electrons. The molecule has 7 heteroatoms. The maximum absolute atomic E-state index is 11.6. The van der Waals surface area contributed by atoms with Crippen molar-refractivity contribution in [3.8, 4) is 0 Å². The molecule has 1 aromatic rings. The highest BCUT2D eigenvalue weighted by Gasteiger charge is 2.27. The number of carbonyl (C=O) groups excluding carboxylic acids is 1. The highest BCUT2D eigenvalue weighted by atomic mass is 32.1. The van der Waals surface area contributed by atoms with Gasteiger partial charge in [0.2, 0.25) is 0 Å². The number of hydrogen-bond donors (Lipinski definition) is 3. The number of aromatic nitrogens is 1. The van der Waals surface area contributed by atoms with E-state index in [1.165, 1.54) is 7.11 Å². The van der Waals surface area contributed by atoms with Crippen molar-refractivity contribution in [2.24, 2.45) is 11.8 Å². The molecular weight excluding hydrogens is 266 g/mol. The number of ether oxygens (including phenoxy) is 1. The fourth-order valence-electron chi connectivity index (χ4n) is 2.57. The van der Waals surface area contributed by atoms with Crippen LogP contribution in [0.1, 0.15) is 29.6 Å². The van der Waals surface area contributed by atoms with Crippen molar-refractivity contribution in [2.45, 2.75) is 19.3 Å². The Balaban J connectivity index is 2.02. The zero-order valence-electron chi connectivity index (χ0n) is 10.9. The largest absolute Gasteiger partial charge is 0.465 e. The van der Waals surface area contributed by atoms with Crippen LogP contribution in [-0.4, -0.2) is 35.7 Å². The van der Waals surface area contributed by atoms with E-state index in [2.05, 4.69) is 9.69 Å². The number of nitrogen functional groups attached to an aromatic ring is 1. The van der Waals surface area contributed by atoms with E-state index >= 15 is 0 Å². The number of nitrogens with one attached hydrogen (secondary N) is 1. The van der Waals surface area contributed by atoms with Crippen molar-refractivity contribution in [3.05, 3.63) is 5.56 Å². The standard InChI is InChI=1S/C12H19N3O3S/c1-18-12(17)9-10(13)15-19-11(9)14-5-7-3-2-4-8(7)6-16/h7-8,14,16H,2-6H2,1H3,(H2,13,15). The van der Waals surface area contributed by atoms with Gasteiger partial charge in [-0.2, -0.15) is 4.37 Å². The first kappa shape index (κ1) is 14.1. The van der Waals surface area contributed by atoms with Gasteiger partial charge in [-0.25, -0.2) is 4.79 Å². The summed E-state index contributed by atoms with van der Waals surface area (Å²) in [5.74, 6) is 0.501. The Bertz CT molecular complexity index is 449. The molecule has 0 aliphatic heterocycles. The second-order valence-corrected chi connectivity index (χ2v) is 5.55. The van der Waals surface area contributed by atoms with Gasteiger partial charge in [-0.15, -0.1) is 0 Å². The molecule has 0 aromatic carbocycles. The first-order valence-electron chi connectivity index (χ1n) is 6.35. The fourth-order valence-corrected chi connectivity index (χ4v) is 3.28. The third-order valence-electron chi connectivity index (χ3n) is 3.68. The van der Waals surface area contributed by atoms with Crippen molar-refractivity contribution < 1.29 is 14.6 Å². The van der Waals surface area contributed by atoms with Gasteiger partial charge in [-0.1, -0.05) is 6.42 Å². The van der Waals surface area contributed by atoms with Gasteiger partial charge >= 0.3 is 5.97 Å². The van der Waals surface area contributed by atoms with E-state index in [-0.39, 0.29) is 12.4 Å². The number of carbonyl (C=O) groups is 1. The molecule has 0 amide bonds. The van der Waals surface area contributed by atoms with Gasteiger partial charge in [-0.3, -0.25) is 0 Å². The molecule has 1 aliphatic rings. The number of aliphatic hydroxyl groups is 1. The molecule has 1 heterocycles. The summed E-state index contributed by atoms with van der Waals surface area (Å²) in [5, 5.41) is 13.2. The summed E-state index contributed by atoms with van der Waals surface area (Å²) in [6.07, 6.45) is 3.31. The first-order chi connectivity index (χ1) is 9.17. The van der Waals surface area contributed by atoms with Crippen molar-refractivity contribution >= 4 is 28.3 Å². The highest BCUT2D eigenvalue weighted by Crippen LogP contribution is 2.33. The molecule has 0 saturated heterocycles. The molecule has 4 N–H and O–H groups in total. The molecular formula is C12H19N3O3S. The van der Waals surface area contributed by atoms with Crippen LogP contribution in [0.2, 0.25) is 0 Å². The van der Waals surface area contributed by atoms with Gasteiger partial charge in [0.15, 0.2) is 5.82 Å². The Kier molecular flexibility index (Phi) is 4.60. The number of anilines is 2. The molecule has 1 aromatic heterocycles. The molecule has 2 rings (SSSR count). The maximum Gasteiger partial charge on any atom is 0.344 e. The van der Waals surface area contributed by atoms with Crippen LogP contribution in [0.3, 0.4) is 0 Å². The van der Waals surface area contributed by atoms with Crippen LogP contribution in [0, 0.1) is 11.8 Å². The molecule has 0 spiro atoms. The van der Waals surface area contributed by atoms with E-state index in [0.717, 1.165) is 37.3 Å². The van der Waals surface area contributed by atoms with E-state index in [1.54, 1.807) is 0 Å². The van der Waals surface area contributed by atoms with Crippen LogP contribution < -0.4 is 11.1 Å². The second-order valence-electron chi connectivity index (χ2n) is 4.78. The minimum atomic E-state index is -0.473. The number of esters is 1.